The molecule has 5 heteroatoms. The van der Waals surface area contributed by atoms with E-state index in [1.165, 1.54) is 0 Å². The molecule has 0 aromatic heterocycles. The van der Waals surface area contributed by atoms with Crippen LogP contribution >= 0.6 is 0 Å². The van der Waals surface area contributed by atoms with Crippen LogP contribution in [0.15, 0.2) is 0 Å². The maximum absolute atomic E-state index is 12.4. The molecule has 0 amide bonds. The van der Waals surface area contributed by atoms with E-state index >= 15 is 0 Å². The predicted molar refractivity (Wildman–Crippen MR) is 58.4 cm³/mol. The minimum absolute atomic E-state index is 0.00604. The number of rotatable bonds is 5. The van der Waals surface area contributed by atoms with Crippen LogP contribution in [0.4, 0.5) is 13.2 Å². The van der Waals surface area contributed by atoms with Crippen LogP contribution in [0.1, 0.15) is 26.2 Å². The molecule has 0 spiro atoms. The zero-order valence-corrected chi connectivity index (χ0v) is 9.98. The number of hydrogen-bond donors (Lipinski definition) is 1. The van der Waals surface area contributed by atoms with Gasteiger partial charge in [0.05, 0.1) is 5.92 Å². The number of alkyl halides is 3. The average molecular weight is 238 g/mol. The van der Waals surface area contributed by atoms with Gasteiger partial charge in [-0.15, -0.1) is 0 Å². The highest BCUT2D eigenvalue weighted by Gasteiger charge is 2.43. The summed E-state index contributed by atoms with van der Waals surface area (Å²) in [6.07, 6.45) is -1.59. The molecule has 1 aliphatic rings. The van der Waals surface area contributed by atoms with E-state index in [1.807, 2.05) is 7.05 Å². The Bertz CT molecular complexity index is 206. The lowest BCUT2D eigenvalue weighted by molar-refractivity contribution is -0.169. The van der Waals surface area contributed by atoms with Crippen molar-refractivity contribution in [1.82, 2.24) is 10.2 Å². The molecule has 1 fully saturated rings. The number of halogens is 3. The normalized spacial score (nSPS) is 26.6. The Kier molecular flexibility index (Phi) is 5.05. The van der Waals surface area contributed by atoms with Crippen LogP contribution in [0.2, 0.25) is 0 Å². The summed E-state index contributed by atoms with van der Waals surface area (Å²) in [6, 6.07) is -0.00604. The molecule has 0 saturated carbocycles. The van der Waals surface area contributed by atoms with Gasteiger partial charge in [-0.25, -0.2) is 0 Å². The van der Waals surface area contributed by atoms with Gasteiger partial charge < -0.3 is 10.2 Å². The molecule has 2 nitrogen and oxygen atoms in total. The van der Waals surface area contributed by atoms with Crippen molar-refractivity contribution in [1.29, 1.82) is 0 Å². The summed E-state index contributed by atoms with van der Waals surface area (Å²) in [7, 11) is 1.97. The largest absolute Gasteiger partial charge is 0.393 e. The van der Waals surface area contributed by atoms with Crippen molar-refractivity contribution in [3.8, 4) is 0 Å². The highest BCUT2D eigenvalue weighted by Crippen LogP contribution is 2.32. The van der Waals surface area contributed by atoms with Gasteiger partial charge in [-0.3, -0.25) is 0 Å². The number of nitrogens with one attached hydrogen (secondary N) is 1. The smallest absolute Gasteiger partial charge is 0.312 e. The van der Waals surface area contributed by atoms with E-state index in [0.29, 0.717) is 6.54 Å². The molecule has 0 aromatic rings. The molecule has 1 rings (SSSR count). The SMILES string of the molecule is CCCCN(C)CC1CC(C(F)(F)F)CN1. The first-order valence-corrected chi connectivity index (χ1v) is 5.92. The molecule has 1 heterocycles. The molecule has 16 heavy (non-hydrogen) atoms. The third-order valence-electron chi connectivity index (χ3n) is 3.11. The van der Waals surface area contributed by atoms with Gasteiger partial charge in [0.25, 0.3) is 0 Å². The second-order valence-corrected chi connectivity index (χ2v) is 4.70. The molecule has 0 aromatic carbocycles. The first-order chi connectivity index (χ1) is 7.43. The monoisotopic (exact) mass is 238 g/mol. The van der Waals surface area contributed by atoms with Crippen molar-refractivity contribution in [3.05, 3.63) is 0 Å². The zero-order chi connectivity index (χ0) is 12.2. The van der Waals surface area contributed by atoms with Crippen LogP contribution in [0, 0.1) is 5.92 Å². The molecule has 1 N–H and O–H groups in total. The molecule has 1 saturated heterocycles. The van der Waals surface area contributed by atoms with Crippen molar-refractivity contribution >= 4 is 0 Å². The highest BCUT2D eigenvalue weighted by molar-refractivity contribution is 4.86. The summed E-state index contributed by atoms with van der Waals surface area (Å²) in [4.78, 5) is 2.11. The first-order valence-electron chi connectivity index (χ1n) is 5.92. The van der Waals surface area contributed by atoms with E-state index in [1.54, 1.807) is 0 Å². The molecule has 0 aliphatic carbocycles. The van der Waals surface area contributed by atoms with Gasteiger partial charge in [0.1, 0.15) is 0 Å². The molecular weight excluding hydrogens is 217 g/mol. The van der Waals surface area contributed by atoms with Gasteiger partial charge in [-0.05, 0) is 26.4 Å². The fourth-order valence-electron chi connectivity index (χ4n) is 2.10. The standard InChI is InChI=1S/C11H21F3N2/c1-3-4-5-16(2)8-10-6-9(7-15-10)11(12,13)14/h9-10,15H,3-8H2,1-2H3. The molecule has 96 valence electrons. The number of likely N-dealkylation sites (N-methyl/N-ethyl adjacent to an activating group) is 1. The van der Waals surface area contributed by atoms with Gasteiger partial charge in [-0.1, -0.05) is 13.3 Å². The Balaban J connectivity index is 2.26. The topological polar surface area (TPSA) is 15.3 Å². The van der Waals surface area contributed by atoms with E-state index in [-0.39, 0.29) is 19.0 Å². The summed E-state index contributed by atoms with van der Waals surface area (Å²) >= 11 is 0. The van der Waals surface area contributed by atoms with Crippen molar-refractivity contribution in [2.45, 2.75) is 38.4 Å². The lowest BCUT2D eigenvalue weighted by Crippen LogP contribution is -2.35. The summed E-state index contributed by atoms with van der Waals surface area (Å²) in [6.45, 7) is 3.87. The van der Waals surface area contributed by atoms with E-state index in [9.17, 15) is 13.2 Å². The van der Waals surface area contributed by atoms with Crippen molar-refractivity contribution in [2.75, 3.05) is 26.7 Å². The Labute approximate surface area is 95.2 Å². The third kappa shape index (κ3) is 4.29. The van der Waals surface area contributed by atoms with Crippen LogP contribution in [-0.2, 0) is 0 Å². The van der Waals surface area contributed by atoms with E-state index in [0.717, 1.165) is 19.4 Å². The fourth-order valence-corrected chi connectivity index (χ4v) is 2.10. The predicted octanol–water partition coefficient (Wildman–Crippen LogP) is 2.26. The Hall–Kier alpha value is -0.290. The van der Waals surface area contributed by atoms with Crippen molar-refractivity contribution in [2.24, 2.45) is 5.92 Å². The maximum atomic E-state index is 12.4. The van der Waals surface area contributed by atoms with Crippen LogP contribution in [0.25, 0.3) is 0 Å². The Morgan fingerprint density at radius 3 is 2.56 bits per heavy atom. The molecule has 0 radical (unpaired) electrons. The number of unbranched alkanes of at least 4 members (excludes halogenated alkanes) is 1. The van der Waals surface area contributed by atoms with E-state index < -0.39 is 12.1 Å². The van der Waals surface area contributed by atoms with Crippen LogP contribution in [0.3, 0.4) is 0 Å². The molecule has 1 aliphatic heterocycles. The Morgan fingerprint density at radius 1 is 1.38 bits per heavy atom. The minimum atomic E-state index is -4.04. The lowest BCUT2D eigenvalue weighted by atomic mass is 10.1. The van der Waals surface area contributed by atoms with Crippen LogP contribution in [0.5, 0.6) is 0 Å². The summed E-state index contributed by atoms with van der Waals surface area (Å²) < 4.78 is 37.3. The molecule has 2 unspecified atom stereocenters. The minimum Gasteiger partial charge on any atom is -0.312 e. The number of hydrogen-bond acceptors (Lipinski definition) is 2. The third-order valence-corrected chi connectivity index (χ3v) is 3.11. The highest BCUT2D eigenvalue weighted by atomic mass is 19.4. The van der Waals surface area contributed by atoms with E-state index in [4.69, 9.17) is 0 Å². The second-order valence-electron chi connectivity index (χ2n) is 4.70. The van der Waals surface area contributed by atoms with Crippen LogP contribution in [-0.4, -0.2) is 43.8 Å². The first kappa shape index (κ1) is 13.8. The summed E-state index contributed by atoms with van der Waals surface area (Å²) in [5.41, 5.74) is 0. The molecular formula is C11H21F3N2. The second kappa shape index (κ2) is 5.87. The summed E-state index contributed by atoms with van der Waals surface area (Å²) in [5, 5.41) is 2.96. The van der Waals surface area contributed by atoms with Gasteiger partial charge in [0.2, 0.25) is 0 Å². The van der Waals surface area contributed by atoms with Crippen LogP contribution < -0.4 is 5.32 Å². The lowest BCUT2D eigenvalue weighted by Gasteiger charge is -2.21. The Morgan fingerprint density at radius 2 is 2.06 bits per heavy atom. The van der Waals surface area contributed by atoms with Gasteiger partial charge in [0, 0.05) is 19.1 Å². The average Bonchev–Trinajstić information content (AvgIpc) is 2.62. The van der Waals surface area contributed by atoms with Crippen molar-refractivity contribution in [3.63, 3.8) is 0 Å². The molecule has 2 atom stereocenters. The van der Waals surface area contributed by atoms with Crippen molar-refractivity contribution < 1.29 is 13.2 Å². The number of nitrogens with zero attached hydrogens (tertiary/aromatic N) is 1. The maximum Gasteiger partial charge on any atom is 0.393 e. The van der Waals surface area contributed by atoms with E-state index in [2.05, 4.69) is 17.1 Å². The quantitative estimate of drug-likeness (QED) is 0.790. The van der Waals surface area contributed by atoms with Gasteiger partial charge in [-0.2, -0.15) is 13.2 Å². The van der Waals surface area contributed by atoms with Gasteiger partial charge >= 0.3 is 6.18 Å². The summed E-state index contributed by atoms with van der Waals surface area (Å²) in [5.74, 6) is -1.16. The molecule has 0 bridgehead atoms. The zero-order valence-electron chi connectivity index (χ0n) is 9.98. The fraction of sp³-hybridized carbons (Fsp3) is 1.00. The van der Waals surface area contributed by atoms with Gasteiger partial charge in [0.15, 0.2) is 0 Å².